The van der Waals surface area contributed by atoms with E-state index >= 15 is 0 Å². The summed E-state index contributed by atoms with van der Waals surface area (Å²) < 4.78 is 13.5. The van der Waals surface area contributed by atoms with Crippen LogP contribution in [0, 0.1) is 5.82 Å². The van der Waals surface area contributed by atoms with Crippen molar-refractivity contribution in [1.29, 1.82) is 0 Å². The highest BCUT2D eigenvalue weighted by Gasteiger charge is 2.08. The van der Waals surface area contributed by atoms with Crippen molar-refractivity contribution < 1.29 is 9.18 Å². The zero-order valence-electron chi connectivity index (χ0n) is 13.3. The first-order chi connectivity index (χ1) is 11.1. The Bertz CT molecular complexity index is 643. The molecule has 2 rings (SSSR count). The summed E-state index contributed by atoms with van der Waals surface area (Å²) in [6.07, 6.45) is 1.62. The SMILES string of the molecule is CN(C)CCNc1ccc(C(=O)NCc2ccccc2F)nc1. The van der Waals surface area contributed by atoms with Crippen LogP contribution in [0.2, 0.25) is 0 Å². The Morgan fingerprint density at radius 2 is 2.00 bits per heavy atom. The third kappa shape index (κ3) is 5.34. The van der Waals surface area contributed by atoms with Gasteiger partial charge in [-0.15, -0.1) is 0 Å². The third-order valence-electron chi connectivity index (χ3n) is 3.28. The Hall–Kier alpha value is -2.47. The summed E-state index contributed by atoms with van der Waals surface area (Å²) in [5, 5.41) is 5.89. The fourth-order valence-corrected chi connectivity index (χ4v) is 1.96. The van der Waals surface area contributed by atoms with Gasteiger partial charge in [0.25, 0.3) is 5.91 Å². The molecular weight excluding hydrogens is 295 g/mol. The van der Waals surface area contributed by atoms with Crippen molar-refractivity contribution in [3.05, 3.63) is 59.7 Å². The van der Waals surface area contributed by atoms with E-state index in [4.69, 9.17) is 0 Å². The predicted octanol–water partition coefficient (Wildman–Crippen LogP) is 2.12. The molecule has 0 spiro atoms. The van der Waals surface area contributed by atoms with E-state index in [-0.39, 0.29) is 18.3 Å². The Morgan fingerprint density at radius 1 is 1.22 bits per heavy atom. The molecule has 0 atom stereocenters. The number of pyridine rings is 1. The molecule has 1 amide bonds. The van der Waals surface area contributed by atoms with Crippen LogP contribution >= 0.6 is 0 Å². The van der Waals surface area contributed by atoms with E-state index in [2.05, 4.69) is 20.5 Å². The second kappa shape index (κ2) is 8.24. The second-order valence-corrected chi connectivity index (χ2v) is 5.44. The van der Waals surface area contributed by atoms with Crippen LogP contribution in [0.4, 0.5) is 10.1 Å². The van der Waals surface area contributed by atoms with Crippen molar-refractivity contribution in [3.8, 4) is 0 Å². The molecular formula is C17H21FN4O. The van der Waals surface area contributed by atoms with Crippen molar-refractivity contribution in [3.63, 3.8) is 0 Å². The molecule has 1 aromatic heterocycles. The minimum absolute atomic E-state index is 0.135. The quantitative estimate of drug-likeness (QED) is 0.821. The lowest BCUT2D eigenvalue weighted by molar-refractivity contribution is 0.0945. The Morgan fingerprint density at radius 3 is 2.65 bits per heavy atom. The first kappa shape index (κ1) is 16.9. The molecule has 0 fully saturated rings. The number of amides is 1. The van der Waals surface area contributed by atoms with Gasteiger partial charge in [0.15, 0.2) is 0 Å². The van der Waals surface area contributed by atoms with Gasteiger partial charge in [0, 0.05) is 25.2 Å². The number of rotatable bonds is 7. The number of nitrogens with one attached hydrogen (secondary N) is 2. The molecule has 122 valence electrons. The van der Waals surface area contributed by atoms with Gasteiger partial charge in [0.2, 0.25) is 0 Å². The maximum Gasteiger partial charge on any atom is 0.270 e. The van der Waals surface area contributed by atoms with Crippen LogP contribution in [0.15, 0.2) is 42.6 Å². The second-order valence-electron chi connectivity index (χ2n) is 5.44. The minimum atomic E-state index is -0.332. The molecule has 23 heavy (non-hydrogen) atoms. The number of aromatic nitrogens is 1. The summed E-state index contributed by atoms with van der Waals surface area (Å²) in [7, 11) is 4.01. The van der Waals surface area contributed by atoms with E-state index in [0.717, 1.165) is 18.8 Å². The molecule has 0 unspecified atom stereocenters. The molecule has 5 nitrogen and oxygen atoms in total. The first-order valence-electron chi connectivity index (χ1n) is 7.42. The first-order valence-corrected chi connectivity index (χ1v) is 7.42. The molecule has 0 aliphatic rings. The number of benzene rings is 1. The highest BCUT2D eigenvalue weighted by atomic mass is 19.1. The Labute approximate surface area is 135 Å². The van der Waals surface area contributed by atoms with Crippen LogP contribution in [0.3, 0.4) is 0 Å². The van der Waals surface area contributed by atoms with Crippen molar-refractivity contribution in [2.45, 2.75) is 6.54 Å². The van der Waals surface area contributed by atoms with Crippen LogP contribution in [0.1, 0.15) is 16.1 Å². The number of likely N-dealkylation sites (N-methyl/N-ethyl adjacent to an activating group) is 1. The average Bonchev–Trinajstić information content (AvgIpc) is 2.54. The monoisotopic (exact) mass is 316 g/mol. The molecule has 2 N–H and O–H groups in total. The van der Waals surface area contributed by atoms with E-state index in [1.165, 1.54) is 6.07 Å². The van der Waals surface area contributed by atoms with Crippen LogP contribution in [0.25, 0.3) is 0 Å². The standard InChI is InChI=1S/C17H21FN4O/c1-22(2)10-9-19-14-7-8-16(20-12-14)17(23)21-11-13-5-3-4-6-15(13)18/h3-8,12,19H,9-11H2,1-2H3,(H,21,23). The van der Waals surface area contributed by atoms with Gasteiger partial charge in [-0.25, -0.2) is 9.37 Å². The fraction of sp³-hybridized carbons (Fsp3) is 0.294. The third-order valence-corrected chi connectivity index (χ3v) is 3.28. The van der Waals surface area contributed by atoms with E-state index in [1.807, 2.05) is 14.1 Å². The molecule has 2 aromatic rings. The van der Waals surface area contributed by atoms with E-state index in [9.17, 15) is 9.18 Å². The number of hydrogen-bond acceptors (Lipinski definition) is 4. The number of carbonyl (C=O) groups excluding carboxylic acids is 1. The average molecular weight is 316 g/mol. The minimum Gasteiger partial charge on any atom is -0.383 e. The zero-order valence-corrected chi connectivity index (χ0v) is 13.3. The van der Waals surface area contributed by atoms with Crippen molar-refractivity contribution in [2.24, 2.45) is 0 Å². The van der Waals surface area contributed by atoms with Gasteiger partial charge in [0.1, 0.15) is 11.5 Å². The normalized spacial score (nSPS) is 10.6. The van der Waals surface area contributed by atoms with Crippen molar-refractivity contribution in [1.82, 2.24) is 15.2 Å². The lowest BCUT2D eigenvalue weighted by atomic mass is 10.2. The van der Waals surface area contributed by atoms with Gasteiger partial charge in [0.05, 0.1) is 11.9 Å². The molecule has 0 radical (unpaired) electrons. The van der Waals surface area contributed by atoms with E-state index < -0.39 is 0 Å². The summed E-state index contributed by atoms with van der Waals surface area (Å²) in [5.41, 5.74) is 1.61. The zero-order chi connectivity index (χ0) is 16.7. The number of anilines is 1. The summed E-state index contributed by atoms with van der Waals surface area (Å²) in [5.74, 6) is -0.658. The molecule has 0 aliphatic carbocycles. The molecule has 0 saturated heterocycles. The summed E-state index contributed by atoms with van der Waals surface area (Å²) in [6, 6.07) is 9.81. The number of nitrogens with zero attached hydrogens (tertiary/aromatic N) is 2. The number of halogens is 1. The van der Waals surface area contributed by atoms with Gasteiger partial charge >= 0.3 is 0 Å². The molecule has 0 aliphatic heterocycles. The van der Waals surface area contributed by atoms with E-state index in [1.54, 1.807) is 36.5 Å². The van der Waals surface area contributed by atoms with Gasteiger partial charge in [-0.3, -0.25) is 4.79 Å². The maximum absolute atomic E-state index is 13.5. The predicted molar refractivity (Wildman–Crippen MR) is 88.9 cm³/mol. The summed E-state index contributed by atoms with van der Waals surface area (Å²) in [6.45, 7) is 1.84. The number of hydrogen-bond donors (Lipinski definition) is 2. The van der Waals surface area contributed by atoms with Crippen LogP contribution < -0.4 is 10.6 Å². The summed E-state index contributed by atoms with van der Waals surface area (Å²) in [4.78, 5) is 18.2. The van der Waals surface area contributed by atoms with Crippen LogP contribution in [-0.2, 0) is 6.54 Å². The molecule has 1 heterocycles. The largest absolute Gasteiger partial charge is 0.383 e. The molecule has 0 bridgehead atoms. The lowest BCUT2D eigenvalue weighted by Gasteiger charge is -2.11. The molecule has 1 aromatic carbocycles. The summed E-state index contributed by atoms with van der Waals surface area (Å²) >= 11 is 0. The van der Waals surface area contributed by atoms with Gasteiger partial charge in [-0.05, 0) is 32.3 Å². The molecule has 0 saturated carbocycles. The van der Waals surface area contributed by atoms with Crippen molar-refractivity contribution in [2.75, 3.05) is 32.5 Å². The van der Waals surface area contributed by atoms with Crippen LogP contribution in [0.5, 0.6) is 0 Å². The molecule has 6 heteroatoms. The Balaban J connectivity index is 1.86. The van der Waals surface area contributed by atoms with Gasteiger partial charge in [-0.2, -0.15) is 0 Å². The fourth-order valence-electron chi connectivity index (χ4n) is 1.96. The topological polar surface area (TPSA) is 57.3 Å². The lowest BCUT2D eigenvalue weighted by Crippen LogP contribution is -2.24. The Kier molecular flexibility index (Phi) is 6.05. The van der Waals surface area contributed by atoms with Crippen molar-refractivity contribution >= 4 is 11.6 Å². The van der Waals surface area contributed by atoms with Crippen LogP contribution in [-0.4, -0.2) is 43.0 Å². The van der Waals surface area contributed by atoms with Gasteiger partial charge in [-0.1, -0.05) is 18.2 Å². The maximum atomic E-state index is 13.5. The highest BCUT2D eigenvalue weighted by molar-refractivity contribution is 5.92. The number of carbonyl (C=O) groups is 1. The van der Waals surface area contributed by atoms with Gasteiger partial charge < -0.3 is 15.5 Å². The highest BCUT2D eigenvalue weighted by Crippen LogP contribution is 2.08. The smallest absolute Gasteiger partial charge is 0.270 e. The van der Waals surface area contributed by atoms with E-state index in [0.29, 0.717) is 11.3 Å².